The summed E-state index contributed by atoms with van der Waals surface area (Å²) in [6.07, 6.45) is 2.88. The maximum absolute atomic E-state index is 12.1. The van der Waals surface area contributed by atoms with Crippen molar-refractivity contribution in [3.05, 3.63) is 11.4 Å². The zero-order chi connectivity index (χ0) is 11.8. The monoisotopic (exact) mass is 222 g/mol. The highest BCUT2D eigenvalue weighted by Gasteiger charge is 2.43. The molecule has 1 saturated carbocycles. The molecule has 0 aromatic carbocycles. The zero-order valence-electron chi connectivity index (χ0n) is 9.76. The molecule has 0 radical (unpaired) electrons. The first kappa shape index (κ1) is 11.1. The van der Waals surface area contributed by atoms with E-state index in [1.54, 1.807) is 0 Å². The van der Waals surface area contributed by atoms with Gasteiger partial charge < -0.3 is 11.1 Å². The third kappa shape index (κ3) is 1.61. The minimum atomic E-state index is -0.337. The second kappa shape index (κ2) is 3.90. The molecule has 0 spiro atoms. The molecule has 1 aromatic rings. The number of nitrogens with zero attached hydrogens (tertiary/aromatic N) is 1. The average molecular weight is 222 g/mol. The predicted octanol–water partition coefficient (Wildman–Crippen LogP) is 1.09. The van der Waals surface area contributed by atoms with Gasteiger partial charge in [0.05, 0.1) is 22.5 Å². The molecule has 0 saturated heterocycles. The minimum absolute atomic E-state index is 0.0360. The smallest absolute Gasteiger partial charge is 0.231 e. The molecule has 1 heterocycles. The molecular formula is C11H18N4O. The minimum Gasteiger partial charge on any atom is -0.329 e. The van der Waals surface area contributed by atoms with Crippen LogP contribution >= 0.6 is 0 Å². The summed E-state index contributed by atoms with van der Waals surface area (Å²) in [7, 11) is 0. The lowest BCUT2D eigenvalue weighted by Crippen LogP contribution is -2.47. The van der Waals surface area contributed by atoms with Gasteiger partial charge in [-0.3, -0.25) is 9.89 Å². The van der Waals surface area contributed by atoms with Gasteiger partial charge in [-0.15, -0.1) is 0 Å². The van der Waals surface area contributed by atoms with Crippen molar-refractivity contribution in [2.45, 2.75) is 33.1 Å². The van der Waals surface area contributed by atoms with E-state index in [-0.39, 0.29) is 11.3 Å². The number of carbonyl (C=O) groups excluding carboxylic acids is 1. The quantitative estimate of drug-likeness (QED) is 0.716. The number of nitrogens with two attached hydrogens (primary N) is 1. The van der Waals surface area contributed by atoms with Crippen LogP contribution in [0.5, 0.6) is 0 Å². The third-order valence-corrected chi connectivity index (χ3v) is 3.55. The van der Waals surface area contributed by atoms with Gasteiger partial charge in [-0.25, -0.2) is 0 Å². The number of nitrogens with one attached hydrogen (secondary N) is 2. The number of H-pyrrole nitrogens is 1. The lowest BCUT2D eigenvalue weighted by Gasteiger charge is -2.39. The van der Waals surface area contributed by atoms with E-state index in [4.69, 9.17) is 5.73 Å². The molecule has 16 heavy (non-hydrogen) atoms. The first-order valence-electron chi connectivity index (χ1n) is 5.62. The lowest BCUT2D eigenvalue weighted by atomic mass is 9.68. The summed E-state index contributed by atoms with van der Waals surface area (Å²) in [6, 6.07) is 0. The Morgan fingerprint density at radius 1 is 1.56 bits per heavy atom. The van der Waals surface area contributed by atoms with E-state index in [1.807, 2.05) is 13.8 Å². The van der Waals surface area contributed by atoms with Crippen LogP contribution in [-0.2, 0) is 4.79 Å². The molecule has 1 aromatic heterocycles. The predicted molar refractivity (Wildman–Crippen MR) is 62.0 cm³/mol. The number of carbonyl (C=O) groups is 1. The van der Waals surface area contributed by atoms with Crippen LogP contribution in [0.4, 0.5) is 5.69 Å². The summed E-state index contributed by atoms with van der Waals surface area (Å²) < 4.78 is 0. The lowest BCUT2D eigenvalue weighted by molar-refractivity contribution is -0.129. The molecule has 0 atom stereocenters. The third-order valence-electron chi connectivity index (χ3n) is 3.55. The number of amides is 1. The Kier molecular flexibility index (Phi) is 2.71. The first-order chi connectivity index (χ1) is 7.59. The Morgan fingerprint density at radius 3 is 2.62 bits per heavy atom. The second-order valence-electron chi connectivity index (χ2n) is 4.60. The van der Waals surface area contributed by atoms with Crippen molar-refractivity contribution in [3.63, 3.8) is 0 Å². The van der Waals surface area contributed by atoms with E-state index < -0.39 is 0 Å². The normalized spacial score (nSPS) is 17.9. The molecule has 88 valence electrons. The topological polar surface area (TPSA) is 83.8 Å². The van der Waals surface area contributed by atoms with Crippen molar-refractivity contribution in [1.29, 1.82) is 0 Å². The number of hydrogen-bond donors (Lipinski definition) is 3. The van der Waals surface area contributed by atoms with Crippen LogP contribution in [0, 0.1) is 19.3 Å². The maximum Gasteiger partial charge on any atom is 0.231 e. The first-order valence-corrected chi connectivity index (χ1v) is 5.62. The Labute approximate surface area is 94.8 Å². The highest BCUT2D eigenvalue weighted by atomic mass is 16.2. The molecule has 0 aliphatic heterocycles. The molecule has 1 amide bonds. The Balaban J connectivity index is 2.13. The molecule has 5 nitrogen and oxygen atoms in total. The number of hydrogen-bond acceptors (Lipinski definition) is 3. The van der Waals surface area contributed by atoms with Gasteiger partial charge in [-0.05, 0) is 26.7 Å². The van der Waals surface area contributed by atoms with Crippen molar-refractivity contribution >= 4 is 11.6 Å². The van der Waals surface area contributed by atoms with Gasteiger partial charge >= 0.3 is 0 Å². The average Bonchev–Trinajstić information content (AvgIpc) is 2.49. The molecule has 4 N–H and O–H groups in total. The second-order valence-corrected chi connectivity index (χ2v) is 4.60. The van der Waals surface area contributed by atoms with Gasteiger partial charge in [0.1, 0.15) is 0 Å². The SMILES string of the molecule is Cc1n[nH]c(C)c1NC(=O)C1(CN)CCC1. The highest BCUT2D eigenvalue weighted by molar-refractivity contribution is 5.97. The van der Waals surface area contributed by atoms with Gasteiger partial charge in [0.15, 0.2) is 0 Å². The van der Waals surface area contributed by atoms with Crippen LogP contribution in [0.15, 0.2) is 0 Å². The van der Waals surface area contributed by atoms with E-state index in [0.717, 1.165) is 36.3 Å². The highest BCUT2D eigenvalue weighted by Crippen LogP contribution is 2.41. The summed E-state index contributed by atoms with van der Waals surface area (Å²) in [6.45, 7) is 4.19. The standard InChI is InChI=1S/C11H18N4O/c1-7-9(8(2)15-14-7)13-10(16)11(6-12)4-3-5-11/h3-6,12H2,1-2H3,(H,13,16)(H,14,15). The molecule has 1 fully saturated rings. The Hall–Kier alpha value is -1.36. The van der Waals surface area contributed by atoms with Crippen LogP contribution in [0.25, 0.3) is 0 Å². The van der Waals surface area contributed by atoms with Crippen molar-refractivity contribution < 1.29 is 4.79 Å². The van der Waals surface area contributed by atoms with Crippen molar-refractivity contribution in [2.75, 3.05) is 11.9 Å². The van der Waals surface area contributed by atoms with E-state index in [9.17, 15) is 4.79 Å². The van der Waals surface area contributed by atoms with E-state index in [1.165, 1.54) is 0 Å². The number of aromatic nitrogens is 2. The largest absolute Gasteiger partial charge is 0.329 e. The number of rotatable bonds is 3. The number of anilines is 1. The molecule has 2 rings (SSSR count). The van der Waals surface area contributed by atoms with Gasteiger partial charge in [-0.1, -0.05) is 6.42 Å². The van der Waals surface area contributed by atoms with E-state index in [2.05, 4.69) is 15.5 Å². The Bertz CT molecular complexity index is 381. The fourth-order valence-electron chi connectivity index (χ4n) is 2.11. The summed E-state index contributed by atoms with van der Waals surface area (Å²) in [5.74, 6) is 0.0360. The molecular weight excluding hydrogens is 204 g/mol. The fraction of sp³-hybridized carbons (Fsp3) is 0.636. The number of aryl methyl sites for hydroxylation is 2. The van der Waals surface area contributed by atoms with Crippen molar-refractivity contribution in [1.82, 2.24) is 10.2 Å². The van der Waals surface area contributed by atoms with Crippen LogP contribution in [0.1, 0.15) is 30.7 Å². The van der Waals surface area contributed by atoms with Gasteiger partial charge in [0, 0.05) is 6.54 Å². The molecule has 0 bridgehead atoms. The molecule has 5 heteroatoms. The molecule has 1 aliphatic carbocycles. The van der Waals surface area contributed by atoms with Gasteiger partial charge in [0.25, 0.3) is 0 Å². The van der Waals surface area contributed by atoms with Crippen molar-refractivity contribution in [2.24, 2.45) is 11.1 Å². The summed E-state index contributed by atoms with van der Waals surface area (Å²) in [5.41, 5.74) is 7.85. The Morgan fingerprint density at radius 2 is 2.25 bits per heavy atom. The van der Waals surface area contributed by atoms with Crippen LogP contribution in [0.3, 0.4) is 0 Å². The van der Waals surface area contributed by atoms with Crippen LogP contribution in [0.2, 0.25) is 0 Å². The van der Waals surface area contributed by atoms with Crippen LogP contribution in [-0.4, -0.2) is 22.6 Å². The fourth-order valence-corrected chi connectivity index (χ4v) is 2.11. The van der Waals surface area contributed by atoms with Gasteiger partial charge in [-0.2, -0.15) is 5.10 Å². The zero-order valence-corrected chi connectivity index (χ0v) is 9.76. The van der Waals surface area contributed by atoms with E-state index >= 15 is 0 Å². The number of aromatic amines is 1. The van der Waals surface area contributed by atoms with E-state index in [0.29, 0.717) is 6.54 Å². The molecule has 0 unspecified atom stereocenters. The van der Waals surface area contributed by atoms with Crippen molar-refractivity contribution in [3.8, 4) is 0 Å². The molecule has 1 aliphatic rings. The van der Waals surface area contributed by atoms with Gasteiger partial charge in [0.2, 0.25) is 5.91 Å². The summed E-state index contributed by atoms with van der Waals surface area (Å²) >= 11 is 0. The maximum atomic E-state index is 12.1. The van der Waals surface area contributed by atoms with Crippen LogP contribution < -0.4 is 11.1 Å². The summed E-state index contributed by atoms with van der Waals surface area (Å²) in [5, 5.41) is 9.84. The summed E-state index contributed by atoms with van der Waals surface area (Å²) in [4.78, 5) is 12.1.